The first kappa shape index (κ1) is 10.7. The molecule has 0 unspecified atom stereocenters. The Kier molecular flexibility index (Phi) is 2.87. The summed E-state index contributed by atoms with van der Waals surface area (Å²) in [5.41, 5.74) is 5.82. The second-order valence-electron chi connectivity index (χ2n) is 4.25. The highest BCUT2D eigenvalue weighted by atomic mass is 79.9. The van der Waals surface area contributed by atoms with E-state index in [2.05, 4.69) is 22.9 Å². The Morgan fingerprint density at radius 2 is 2.27 bits per heavy atom. The molecule has 1 fully saturated rings. The Labute approximate surface area is 97.4 Å². The van der Waals surface area contributed by atoms with Crippen LogP contribution < -0.4 is 11.2 Å². The molecule has 1 aliphatic rings. The molecular formula is C11H15BrN2O. The molecule has 15 heavy (non-hydrogen) atoms. The van der Waals surface area contributed by atoms with Gasteiger partial charge < -0.3 is 10.3 Å². The summed E-state index contributed by atoms with van der Waals surface area (Å²) in [5.74, 6) is 1.63. The molecule has 4 heteroatoms. The summed E-state index contributed by atoms with van der Waals surface area (Å²) in [5, 5.41) is 0. The van der Waals surface area contributed by atoms with Crippen molar-refractivity contribution in [3.63, 3.8) is 0 Å². The van der Waals surface area contributed by atoms with Crippen molar-refractivity contribution in [3.8, 4) is 0 Å². The predicted molar refractivity (Wildman–Crippen MR) is 64.7 cm³/mol. The fraction of sp³-hybridized carbons (Fsp3) is 0.545. The zero-order chi connectivity index (χ0) is 11.0. The first-order valence-electron chi connectivity index (χ1n) is 5.27. The molecule has 82 valence electrons. The van der Waals surface area contributed by atoms with E-state index in [9.17, 15) is 4.79 Å². The van der Waals surface area contributed by atoms with Crippen molar-refractivity contribution in [1.29, 1.82) is 0 Å². The summed E-state index contributed by atoms with van der Waals surface area (Å²) in [6.07, 6.45) is 6.11. The summed E-state index contributed by atoms with van der Waals surface area (Å²) in [7, 11) is 0. The molecule has 2 atom stereocenters. The Bertz CT molecular complexity index is 401. The molecule has 0 saturated heterocycles. The van der Waals surface area contributed by atoms with Gasteiger partial charge >= 0.3 is 0 Å². The Morgan fingerprint density at radius 1 is 1.53 bits per heavy atom. The van der Waals surface area contributed by atoms with Gasteiger partial charge in [0.2, 0.25) is 5.43 Å². The summed E-state index contributed by atoms with van der Waals surface area (Å²) in [4.78, 5) is 11.4. The van der Waals surface area contributed by atoms with Crippen molar-refractivity contribution in [2.24, 2.45) is 11.8 Å². The molecule has 1 aromatic rings. The molecule has 0 radical (unpaired) electrons. The summed E-state index contributed by atoms with van der Waals surface area (Å²) in [6, 6.07) is 0. The topological polar surface area (TPSA) is 48.0 Å². The smallest absolute Gasteiger partial charge is 0.218 e. The van der Waals surface area contributed by atoms with E-state index < -0.39 is 0 Å². The van der Waals surface area contributed by atoms with Crippen LogP contribution in [-0.2, 0) is 6.54 Å². The highest BCUT2D eigenvalue weighted by molar-refractivity contribution is 9.10. The molecule has 1 aliphatic carbocycles. The number of aromatic nitrogens is 1. The maximum absolute atomic E-state index is 11.4. The molecule has 0 aromatic carbocycles. The van der Waals surface area contributed by atoms with Gasteiger partial charge in [0, 0.05) is 18.9 Å². The zero-order valence-corrected chi connectivity index (χ0v) is 10.3. The number of nitrogen functional groups attached to an aromatic ring is 1. The van der Waals surface area contributed by atoms with E-state index in [1.807, 2.05) is 10.8 Å². The van der Waals surface area contributed by atoms with Crippen LogP contribution in [0, 0.1) is 11.8 Å². The average molecular weight is 271 g/mol. The number of anilines is 1. The number of hydrogen-bond acceptors (Lipinski definition) is 2. The molecule has 2 rings (SSSR count). The molecule has 0 aliphatic heterocycles. The molecule has 0 amide bonds. The Morgan fingerprint density at radius 3 is 2.80 bits per heavy atom. The Hall–Kier alpha value is -0.770. The highest BCUT2D eigenvalue weighted by Crippen LogP contribution is 2.42. The molecule has 1 aromatic heterocycles. The average Bonchev–Trinajstić information content (AvgIpc) is 2.93. The van der Waals surface area contributed by atoms with Gasteiger partial charge in [0.1, 0.15) is 0 Å². The van der Waals surface area contributed by atoms with E-state index in [0.717, 1.165) is 18.4 Å². The van der Waals surface area contributed by atoms with Crippen LogP contribution in [-0.4, -0.2) is 4.57 Å². The minimum atomic E-state index is -0.117. The normalized spacial score (nSPS) is 24.1. The van der Waals surface area contributed by atoms with E-state index in [0.29, 0.717) is 10.2 Å². The number of hydrogen-bond donors (Lipinski definition) is 1. The van der Waals surface area contributed by atoms with Crippen molar-refractivity contribution in [1.82, 2.24) is 4.57 Å². The molecule has 0 spiro atoms. The predicted octanol–water partition coefficient (Wildman–Crippen LogP) is 2.24. The molecule has 3 nitrogen and oxygen atoms in total. The quantitative estimate of drug-likeness (QED) is 0.916. The van der Waals surface area contributed by atoms with Crippen LogP contribution in [0.5, 0.6) is 0 Å². The minimum Gasteiger partial charge on any atom is -0.394 e. The van der Waals surface area contributed by atoms with Gasteiger partial charge in [-0.1, -0.05) is 13.3 Å². The second kappa shape index (κ2) is 4.00. The van der Waals surface area contributed by atoms with E-state index in [1.165, 1.54) is 12.8 Å². The second-order valence-corrected chi connectivity index (χ2v) is 5.11. The van der Waals surface area contributed by atoms with Crippen molar-refractivity contribution in [2.75, 3.05) is 5.73 Å². The van der Waals surface area contributed by atoms with Crippen LogP contribution in [0.25, 0.3) is 0 Å². The summed E-state index contributed by atoms with van der Waals surface area (Å²) < 4.78 is 2.57. The van der Waals surface area contributed by atoms with E-state index in [1.54, 1.807) is 6.20 Å². The van der Waals surface area contributed by atoms with Crippen LogP contribution in [0.2, 0.25) is 0 Å². The van der Waals surface area contributed by atoms with Crippen LogP contribution in [0.3, 0.4) is 0 Å². The van der Waals surface area contributed by atoms with Gasteiger partial charge in [0.25, 0.3) is 0 Å². The number of pyridine rings is 1. The van der Waals surface area contributed by atoms with Crippen molar-refractivity contribution in [2.45, 2.75) is 26.3 Å². The van der Waals surface area contributed by atoms with Crippen LogP contribution in [0.4, 0.5) is 5.69 Å². The third kappa shape index (κ3) is 2.25. The van der Waals surface area contributed by atoms with Crippen LogP contribution >= 0.6 is 15.9 Å². The lowest BCUT2D eigenvalue weighted by Gasteiger charge is -2.07. The fourth-order valence-electron chi connectivity index (χ4n) is 2.03. The molecule has 1 saturated carbocycles. The lowest BCUT2D eigenvalue weighted by molar-refractivity contribution is 0.567. The van der Waals surface area contributed by atoms with E-state index in [-0.39, 0.29) is 5.43 Å². The number of nitrogens with zero attached hydrogens (tertiary/aromatic N) is 1. The van der Waals surface area contributed by atoms with Gasteiger partial charge in [-0.25, -0.2) is 0 Å². The van der Waals surface area contributed by atoms with Crippen LogP contribution in [0.15, 0.2) is 21.7 Å². The lowest BCUT2D eigenvalue weighted by atomic mass is 10.2. The molecule has 0 bridgehead atoms. The maximum atomic E-state index is 11.4. The van der Waals surface area contributed by atoms with Gasteiger partial charge in [-0.05, 0) is 34.2 Å². The molecular weight excluding hydrogens is 256 g/mol. The number of rotatable bonds is 3. The zero-order valence-electron chi connectivity index (χ0n) is 8.74. The highest BCUT2D eigenvalue weighted by Gasteiger charge is 2.35. The SMILES string of the molecule is CC[C@@H]1C[C@H]1Cn1cc(N)c(=O)c(Br)c1. The summed E-state index contributed by atoms with van der Waals surface area (Å²) in [6.45, 7) is 3.20. The van der Waals surface area contributed by atoms with Gasteiger partial charge in [-0.15, -0.1) is 0 Å². The van der Waals surface area contributed by atoms with Gasteiger partial charge in [-0.2, -0.15) is 0 Å². The largest absolute Gasteiger partial charge is 0.394 e. The monoisotopic (exact) mass is 270 g/mol. The number of nitrogens with two attached hydrogens (primary N) is 1. The fourth-order valence-corrected chi connectivity index (χ4v) is 2.52. The standard InChI is InChI=1S/C11H15BrN2O/c1-2-7-3-8(7)4-14-5-9(12)11(15)10(13)6-14/h5-8H,2-4,13H2,1H3/t7-,8+/m1/s1. The molecule has 2 N–H and O–H groups in total. The number of halogens is 1. The third-order valence-electron chi connectivity index (χ3n) is 3.10. The van der Waals surface area contributed by atoms with Gasteiger partial charge in [0.15, 0.2) is 0 Å². The maximum Gasteiger partial charge on any atom is 0.218 e. The first-order chi connectivity index (χ1) is 7.11. The Balaban J connectivity index is 2.13. The minimum absolute atomic E-state index is 0.117. The van der Waals surface area contributed by atoms with E-state index >= 15 is 0 Å². The molecule has 1 heterocycles. The van der Waals surface area contributed by atoms with Crippen LogP contribution in [0.1, 0.15) is 19.8 Å². The van der Waals surface area contributed by atoms with Gasteiger partial charge in [-0.3, -0.25) is 4.79 Å². The lowest BCUT2D eigenvalue weighted by Crippen LogP contribution is -2.13. The third-order valence-corrected chi connectivity index (χ3v) is 3.67. The first-order valence-corrected chi connectivity index (χ1v) is 6.06. The van der Waals surface area contributed by atoms with Gasteiger partial charge in [0.05, 0.1) is 10.2 Å². The van der Waals surface area contributed by atoms with Crippen molar-refractivity contribution in [3.05, 3.63) is 27.1 Å². The van der Waals surface area contributed by atoms with Crippen molar-refractivity contribution < 1.29 is 0 Å². The van der Waals surface area contributed by atoms with Crippen molar-refractivity contribution >= 4 is 21.6 Å². The van der Waals surface area contributed by atoms with E-state index in [4.69, 9.17) is 5.73 Å². The summed E-state index contributed by atoms with van der Waals surface area (Å²) >= 11 is 3.23.